The van der Waals surface area contributed by atoms with E-state index in [1.807, 2.05) is 31.2 Å². The lowest BCUT2D eigenvalue weighted by molar-refractivity contribution is -0.137. The molecule has 27 heavy (non-hydrogen) atoms. The molecule has 1 N–H and O–H groups in total. The van der Waals surface area contributed by atoms with Gasteiger partial charge in [-0.05, 0) is 42.8 Å². The van der Waals surface area contributed by atoms with Gasteiger partial charge in [-0.2, -0.15) is 13.2 Å². The van der Waals surface area contributed by atoms with Gasteiger partial charge in [0.15, 0.2) is 0 Å². The number of carbonyl (C=O) groups excluding carboxylic acids is 1. The molecule has 0 saturated carbocycles. The third kappa shape index (κ3) is 4.72. The lowest BCUT2D eigenvalue weighted by atomic mass is 10.1. The number of aryl methyl sites for hydroxylation is 2. The molecule has 3 aromatic rings. The minimum Gasteiger partial charge on any atom is -0.421 e. The van der Waals surface area contributed by atoms with Crippen molar-refractivity contribution in [2.45, 2.75) is 25.9 Å². The van der Waals surface area contributed by atoms with Crippen LogP contribution < -0.4 is 5.32 Å². The molecule has 0 saturated heterocycles. The van der Waals surface area contributed by atoms with Gasteiger partial charge in [0.05, 0.1) is 5.56 Å². The van der Waals surface area contributed by atoms with E-state index in [1.165, 1.54) is 12.1 Å². The minimum absolute atomic E-state index is 0.0659. The highest BCUT2D eigenvalue weighted by molar-refractivity contribution is 5.90. The topological polar surface area (TPSA) is 68.0 Å². The number of nitrogens with one attached hydrogen (secondary N) is 1. The fraction of sp³-hybridized carbons (Fsp3) is 0.211. The molecule has 0 aliphatic heterocycles. The molecule has 0 bridgehead atoms. The van der Waals surface area contributed by atoms with E-state index in [4.69, 9.17) is 4.42 Å². The highest BCUT2D eigenvalue weighted by Crippen LogP contribution is 2.29. The summed E-state index contributed by atoms with van der Waals surface area (Å²) in [6.45, 7) is 1.93. The van der Waals surface area contributed by atoms with Crippen molar-refractivity contribution in [3.8, 4) is 11.5 Å². The average molecular weight is 375 g/mol. The largest absolute Gasteiger partial charge is 0.421 e. The maximum absolute atomic E-state index is 12.5. The van der Waals surface area contributed by atoms with Crippen LogP contribution in [0.15, 0.2) is 52.9 Å². The molecule has 2 aromatic carbocycles. The first kappa shape index (κ1) is 18.6. The van der Waals surface area contributed by atoms with Gasteiger partial charge in [0.1, 0.15) is 0 Å². The Morgan fingerprint density at radius 1 is 1.07 bits per heavy atom. The Kier molecular flexibility index (Phi) is 5.25. The summed E-state index contributed by atoms with van der Waals surface area (Å²) in [6, 6.07) is 11.8. The summed E-state index contributed by atoms with van der Waals surface area (Å²) in [7, 11) is 0. The summed E-state index contributed by atoms with van der Waals surface area (Å²) in [5.74, 6) is 0.340. The zero-order valence-electron chi connectivity index (χ0n) is 14.4. The van der Waals surface area contributed by atoms with Crippen molar-refractivity contribution in [1.82, 2.24) is 10.2 Å². The number of halogens is 3. The Bertz CT molecular complexity index is 934. The SMILES string of the molecule is Cc1ccccc1-c1nnc(CCC(=O)Nc2ccc(C(F)(F)F)cc2)o1. The number of hydrogen-bond donors (Lipinski definition) is 1. The van der Waals surface area contributed by atoms with Crippen molar-refractivity contribution in [1.29, 1.82) is 0 Å². The molecular formula is C19H16F3N3O2. The summed E-state index contributed by atoms with van der Waals surface area (Å²) in [4.78, 5) is 12.0. The number of alkyl halides is 3. The van der Waals surface area contributed by atoms with Crippen LogP contribution in [0.2, 0.25) is 0 Å². The predicted molar refractivity (Wildman–Crippen MR) is 92.9 cm³/mol. The molecule has 0 aliphatic carbocycles. The number of hydrogen-bond acceptors (Lipinski definition) is 4. The maximum atomic E-state index is 12.5. The number of nitrogens with zero attached hydrogens (tertiary/aromatic N) is 2. The second kappa shape index (κ2) is 7.61. The highest BCUT2D eigenvalue weighted by Gasteiger charge is 2.29. The van der Waals surface area contributed by atoms with E-state index in [-0.39, 0.29) is 18.7 Å². The quantitative estimate of drug-likeness (QED) is 0.706. The van der Waals surface area contributed by atoms with Gasteiger partial charge in [-0.1, -0.05) is 18.2 Å². The maximum Gasteiger partial charge on any atom is 0.416 e. The van der Waals surface area contributed by atoms with Crippen LogP contribution in [0.25, 0.3) is 11.5 Å². The van der Waals surface area contributed by atoms with Crippen LogP contribution in [0.1, 0.15) is 23.4 Å². The average Bonchev–Trinajstić information content (AvgIpc) is 3.09. The molecule has 0 atom stereocenters. The minimum atomic E-state index is -4.41. The van der Waals surface area contributed by atoms with Crippen LogP contribution in [0.5, 0.6) is 0 Å². The molecule has 0 spiro atoms. The van der Waals surface area contributed by atoms with E-state index in [0.29, 0.717) is 17.5 Å². The van der Waals surface area contributed by atoms with Gasteiger partial charge in [0, 0.05) is 24.1 Å². The van der Waals surface area contributed by atoms with Crippen molar-refractivity contribution < 1.29 is 22.4 Å². The van der Waals surface area contributed by atoms with E-state index in [9.17, 15) is 18.0 Å². The third-order valence-corrected chi connectivity index (χ3v) is 3.90. The van der Waals surface area contributed by atoms with Crippen molar-refractivity contribution in [2.24, 2.45) is 0 Å². The van der Waals surface area contributed by atoms with Crippen LogP contribution >= 0.6 is 0 Å². The number of benzene rings is 2. The molecule has 5 nitrogen and oxygen atoms in total. The van der Waals surface area contributed by atoms with Gasteiger partial charge >= 0.3 is 6.18 Å². The fourth-order valence-electron chi connectivity index (χ4n) is 2.46. The van der Waals surface area contributed by atoms with Gasteiger partial charge in [-0.3, -0.25) is 4.79 Å². The van der Waals surface area contributed by atoms with Crippen molar-refractivity contribution in [3.05, 3.63) is 65.5 Å². The fourth-order valence-corrected chi connectivity index (χ4v) is 2.46. The monoisotopic (exact) mass is 375 g/mol. The van der Waals surface area contributed by atoms with Crippen molar-refractivity contribution in [3.63, 3.8) is 0 Å². The van der Waals surface area contributed by atoms with E-state index >= 15 is 0 Å². The Morgan fingerprint density at radius 2 is 1.78 bits per heavy atom. The van der Waals surface area contributed by atoms with Crippen LogP contribution in [-0.2, 0) is 17.4 Å². The van der Waals surface area contributed by atoms with Crippen LogP contribution in [-0.4, -0.2) is 16.1 Å². The summed E-state index contributed by atoms with van der Waals surface area (Å²) >= 11 is 0. The molecular weight excluding hydrogens is 359 g/mol. The first-order chi connectivity index (χ1) is 12.8. The summed E-state index contributed by atoms with van der Waals surface area (Å²) in [6.07, 6.45) is -4.11. The van der Waals surface area contributed by atoms with Crippen LogP contribution in [0.3, 0.4) is 0 Å². The molecule has 8 heteroatoms. The molecule has 0 aliphatic rings. The Hall–Kier alpha value is -3.16. The van der Waals surface area contributed by atoms with Crippen LogP contribution in [0.4, 0.5) is 18.9 Å². The standard InChI is InChI=1S/C19H16F3N3O2/c1-12-4-2-3-5-15(12)18-25-24-17(27-18)11-10-16(26)23-14-8-6-13(7-9-14)19(20,21)22/h2-9H,10-11H2,1H3,(H,23,26). The van der Waals surface area contributed by atoms with Gasteiger partial charge in [-0.15, -0.1) is 10.2 Å². The predicted octanol–water partition coefficient (Wildman–Crippen LogP) is 4.64. The van der Waals surface area contributed by atoms with E-state index < -0.39 is 11.7 Å². The second-order valence-electron chi connectivity index (χ2n) is 5.94. The normalized spacial score (nSPS) is 11.4. The Morgan fingerprint density at radius 3 is 2.44 bits per heavy atom. The first-order valence-corrected chi connectivity index (χ1v) is 8.18. The number of amides is 1. The molecule has 0 fully saturated rings. The van der Waals surface area contributed by atoms with Gasteiger partial charge in [0.25, 0.3) is 0 Å². The molecule has 0 radical (unpaired) electrons. The lowest BCUT2D eigenvalue weighted by Crippen LogP contribution is -2.13. The van der Waals surface area contributed by atoms with Gasteiger partial charge in [-0.25, -0.2) is 0 Å². The number of rotatable bonds is 5. The van der Waals surface area contributed by atoms with E-state index in [1.54, 1.807) is 0 Å². The van der Waals surface area contributed by atoms with Crippen molar-refractivity contribution >= 4 is 11.6 Å². The second-order valence-corrected chi connectivity index (χ2v) is 5.94. The molecule has 1 heterocycles. The smallest absolute Gasteiger partial charge is 0.416 e. The summed E-state index contributed by atoms with van der Waals surface area (Å²) in [5, 5.41) is 10.5. The van der Waals surface area contributed by atoms with Gasteiger partial charge in [0.2, 0.25) is 17.7 Å². The zero-order valence-corrected chi connectivity index (χ0v) is 14.4. The van der Waals surface area contributed by atoms with Gasteiger partial charge < -0.3 is 9.73 Å². The van der Waals surface area contributed by atoms with Crippen LogP contribution in [0, 0.1) is 6.92 Å². The summed E-state index contributed by atoms with van der Waals surface area (Å²) < 4.78 is 43.2. The molecule has 1 amide bonds. The zero-order chi connectivity index (χ0) is 19.4. The molecule has 140 valence electrons. The summed E-state index contributed by atoms with van der Waals surface area (Å²) in [5.41, 5.74) is 1.34. The molecule has 1 aromatic heterocycles. The highest BCUT2D eigenvalue weighted by atomic mass is 19.4. The number of aromatic nitrogens is 2. The Labute approximate surface area is 153 Å². The lowest BCUT2D eigenvalue weighted by Gasteiger charge is -2.08. The Balaban J connectivity index is 1.56. The van der Waals surface area contributed by atoms with Crippen molar-refractivity contribution in [2.75, 3.05) is 5.32 Å². The van der Waals surface area contributed by atoms with E-state index in [0.717, 1.165) is 23.3 Å². The number of anilines is 1. The third-order valence-electron chi connectivity index (χ3n) is 3.90. The molecule has 3 rings (SSSR count). The number of carbonyl (C=O) groups is 1. The van der Waals surface area contributed by atoms with E-state index in [2.05, 4.69) is 15.5 Å². The first-order valence-electron chi connectivity index (χ1n) is 8.18. The molecule has 0 unspecified atom stereocenters.